The third kappa shape index (κ3) is 2.51. The van der Waals surface area contributed by atoms with Crippen LogP contribution in [0.2, 0.25) is 5.02 Å². The van der Waals surface area contributed by atoms with Gasteiger partial charge >= 0.3 is 0 Å². The van der Waals surface area contributed by atoms with Crippen molar-refractivity contribution in [2.75, 3.05) is 0 Å². The molecule has 0 amide bonds. The molecule has 1 aromatic carbocycles. The van der Waals surface area contributed by atoms with Crippen molar-refractivity contribution in [3.8, 4) is 0 Å². The lowest BCUT2D eigenvalue weighted by Crippen LogP contribution is -2.30. The molecule has 74 valence electrons. The van der Waals surface area contributed by atoms with Gasteiger partial charge in [-0.3, -0.25) is 0 Å². The maximum Gasteiger partial charge on any atom is 0.158 e. The van der Waals surface area contributed by atoms with E-state index in [1.54, 1.807) is 0 Å². The fourth-order valence-electron chi connectivity index (χ4n) is 0.800. The Morgan fingerprint density at radius 1 is 1.64 bits per heavy atom. The molecule has 0 spiro atoms. The number of halogens is 2. The van der Waals surface area contributed by atoms with Gasteiger partial charge < -0.3 is 10.8 Å². The normalized spacial score (nSPS) is 11.2. The van der Waals surface area contributed by atoms with Gasteiger partial charge in [0.25, 0.3) is 0 Å². The summed E-state index contributed by atoms with van der Waals surface area (Å²) in [6.45, 7) is 0. The zero-order valence-corrected chi connectivity index (χ0v) is 7.85. The van der Waals surface area contributed by atoms with Gasteiger partial charge in [-0.1, -0.05) is 11.6 Å². The predicted octanol–water partition coefficient (Wildman–Crippen LogP) is 1.62. The minimum Gasteiger partial charge on any atom is -0.307 e. The summed E-state index contributed by atoms with van der Waals surface area (Å²) >= 11 is 5.53. The van der Waals surface area contributed by atoms with Crippen LogP contribution in [0.4, 0.5) is 10.1 Å². The summed E-state index contributed by atoms with van der Waals surface area (Å²) in [6, 6.07) is 3.97. The summed E-state index contributed by atoms with van der Waals surface area (Å²) in [5.74, 6) is 4.71. The number of hydrogen-bond donors (Lipinski definition) is 3. The number of benzene rings is 1. The maximum absolute atomic E-state index is 12.7. The second-order valence-corrected chi connectivity index (χ2v) is 2.79. The molecule has 0 aliphatic rings. The molecule has 0 aliphatic carbocycles. The molecule has 1 aromatic rings. The quantitative estimate of drug-likeness (QED) is 0.303. The van der Waals surface area contributed by atoms with Crippen LogP contribution < -0.4 is 11.3 Å². The SMILES string of the molecule is N=CC(=Nc1ccc(F)c(Cl)c1)NN. The molecular formula is C8H8ClFN4. The van der Waals surface area contributed by atoms with Crippen LogP contribution in [-0.2, 0) is 0 Å². The van der Waals surface area contributed by atoms with Gasteiger partial charge in [-0.15, -0.1) is 0 Å². The van der Waals surface area contributed by atoms with Crippen molar-refractivity contribution >= 4 is 29.3 Å². The first-order valence-corrected chi connectivity index (χ1v) is 4.06. The van der Waals surface area contributed by atoms with Crippen molar-refractivity contribution in [3.63, 3.8) is 0 Å². The Hall–Kier alpha value is -1.46. The first-order valence-electron chi connectivity index (χ1n) is 3.68. The number of nitrogens with zero attached hydrogens (tertiary/aromatic N) is 1. The lowest BCUT2D eigenvalue weighted by Gasteiger charge is -1.99. The first kappa shape index (κ1) is 10.6. The third-order valence-electron chi connectivity index (χ3n) is 1.44. The van der Waals surface area contributed by atoms with Crippen LogP contribution in [0.1, 0.15) is 0 Å². The van der Waals surface area contributed by atoms with Gasteiger partial charge in [0, 0.05) is 0 Å². The highest BCUT2D eigenvalue weighted by molar-refractivity contribution is 6.31. The smallest absolute Gasteiger partial charge is 0.158 e. The minimum absolute atomic E-state index is 0.0207. The Morgan fingerprint density at radius 2 is 2.36 bits per heavy atom. The highest BCUT2D eigenvalue weighted by atomic mass is 35.5. The largest absolute Gasteiger partial charge is 0.307 e. The third-order valence-corrected chi connectivity index (χ3v) is 1.73. The van der Waals surface area contributed by atoms with Crippen molar-refractivity contribution in [1.29, 1.82) is 5.41 Å². The van der Waals surface area contributed by atoms with E-state index >= 15 is 0 Å². The fraction of sp³-hybridized carbons (Fsp3) is 0. The van der Waals surface area contributed by atoms with Gasteiger partial charge in [0.15, 0.2) is 5.84 Å². The van der Waals surface area contributed by atoms with Gasteiger partial charge in [0.2, 0.25) is 0 Å². The molecule has 4 nitrogen and oxygen atoms in total. The van der Waals surface area contributed by atoms with Gasteiger partial charge in [-0.25, -0.2) is 15.2 Å². The Balaban J connectivity index is 3.03. The number of nitrogens with one attached hydrogen (secondary N) is 2. The summed E-state index contributed by atoms with van der Waals surface area (Å²) in [4.78, 5) is 3.88. The highest BCUT2D eigenvalue weighted by Crippen LogP contribution is 2.21. The van der Waals surface area contributed by atoms with Crippen molar-refractivity contribution in [3.05, 3.63) is 29.0 Å². The monoisotopic (exact) mass is 214 g/mol. The van der Waals surface area contributed by atoms with E-state index in [-0.39, 0.29) is 10.9 Å². The molecule has 0 heterocycles. The van der Waals surface area contributed by atoms with Crippen LogP contribution in [0.15, 0.2) is 23.2 Å². The molecule has 1 rings (SSSR count). The van der Waals surface area contributed by atoms with Crippen LogP contribution in [0.25, 0.3) is 0 Å². The zero-order valence-electron chi connectivity index (χ0n) is 7.09. The van der Waals surface area contributed by atoms with E-state index in [1.807, 2.05) is 0 Å². The lowest BCUT2D eigenvalue weighted by molar-refractivity contribution is 0.628. The van der Waals surface area contributed by atoms with Crippen LogP contribution in [0, 0.1) is 11.2 Å². The van der Waals surface area contributed by atoms with Crippen LogP contribution in [0.5, 0.6) is 0 Å². The van der Waals surface area contributed by atoms with E-state index in [0.29, 0.717) is 5.69 Å². The Labute approximate surface area is 85.1 Å². The average Bonchev–Trinajstić information content (AvgIpc) is 2.19. The average molecular weight is 215 g/mol. The number of rotatable bonds is 2. The molecule has 0 unspecified atom stereocenters. The predicted molar refractivity (Wildman–Crippen MR) is 54.6 cm³/mol. The molecule has 0 aromatic heterocycles. The second-order valence-electron chi connectivity index (χ2n) is 2.38. The second kappa shape index (κ2) is 4.69. The molecule has 0 aliphatic heterocycles. The topological polar surface area (TPSA) is 74.3 Å². The molecule has 0 bridgehead atoms. The van der Waals surface area contributed by atoms with Gasteiger partial charge in [0.1, 0.15) is 5.82 Å². The van der Waals surface area contributed by atoms with Crippen LogP contribution >= 0.6 is 11.6 Å². The molecule has 0 fully saturated rings. The fourth-order valence-corrected chi connectivity index (χ4v) is 0.975. The number of amidine groups is 1. The minimum atomic E-state index is -0.511. The van der Waals surface area contributed by atoms with Crippen molar-refractivity contribution < 1.29 is 4.39 Å². The zero-order chi connectivity index (χ0) is 10.6. The van der Waals surface area contributed by atoms with E-state index in [4.69, 9.17) is 22.9 Å². The molecule has 4 N–H and O–H groups in total. The number of hydrazine groups is 1. The molecule has 0 saturated carbocycles. The van der Waals surface area contributed by atoms with Crippen LogP contribution in [0.3, 0.4) is 0 Å². The maximum atomic E-state index is 12.7. The van der Waals surface area contributed by atoms with Crippen molar-refractivity contribution in [2.45, 2.75) is 0 Å². The highest BCUT2D eigenvalue weighted by Gasteiger charge is 2.00. The number of hydrogen-bond acceptors (Lipinski definition) is 3. The van der Waals surface area contributed by atoms with E-state index in [1.165, 1.54) is 18.2 Å². The van der Waals surface area contributed by atoms with Crippen molar-refractivity contribution in [1.82, 2.24) is 5.43 Å². The van der Waals surface area contributed by atoms with Crippen LogP contribution in [-0.4, -0.2) is 12.1 Å². The van der Waals surface area contributed by atoms with Gasteiger partial charge in [-0.05, 0) is 18.2 Å². The summed E-state index contributed by atoms with van der Waals surface area (Å²) in [6.07, 6.45) is 0.942. The molecule has 14 heavy (non-hydrogen) atoms. The summed E-state index contributed by atoms with van der Waals surface area (Å²) < 4.78 is 12.7. The first-order chi connectivity index (χ1) is 6.67. The van der Waals surface area contributed by atoms with E-state index in [2.05, 4.69) is 10.4 Å². The Morgan fingerprint density at radius 3 is 2.86 bits per heavy atom. The Kier molecular flexibility index (Phi) is 3.55. The standard InChI is InChI=1S/C8H8ClFN4/c9-6-3-5(1-2-7(6)10)13-8(4-11)14-12/h1-4,11H,12H2,(H,13,14). The van der Waals surface area contributed by atoms with E-state index in [0.717, 1.165) is 6.21 Å². The van der Waals surface area contributed by atoms with Gasteiger partial charge in [-0.2, -0.15) is 0 Å². The lowest BCUT2D eigenvalue weighted by atomic mass is 10.3. The molecule has 0 saturated heterocycles. The Bertz CT molecular complexity index is 378. The summed E-state index contributed by atoms with van der Waals surface area (Å²) in [5, 5.41) is 6.88. The summed E-state index contributed by atoms with van der Waals surface area (Å²) in [5.41, 5.74) is 2.63. The van der Waals surface area contributed by atoms with E-state index < -0.39 is 5.82 Å². The number of aliphatic imine (C=N–C) groups is 1. The molecule has 0 radical (unpaired) electrons. The van der Waals surface area contributed by atoms with Gasteiger partial charge in [0.05, 0.1) is 16.9 Å². The van der Waals surface area contributed by atoms with E-state index in [9.17, 15) is 4.39 Å². The molecule has 6 heteroatoms. The summed E-state index contributed by atoms with van der Waals surface area (Å²) in [7, 11) is 0. The number of nitrogens with two attached hydrogens (primary N) is 1. The molecule has 0 atom stereocenters. The van der Waals surface area contributed by atoms with Crippen molar-refractivity contribution in [2.24, 2.45) is 10.8 Å². The molecular weight excluding hydrogens is 207 g/mol.